The summed E-state index contributed by atoms with van der Waals surface area (Å²) in [6, 6.07) is 22.9. The molecular formula is C33H35N3OS2. The predicted octanol–water partition coefficient (Wildman–Crippen LogP) is 8.66. The van der Waals surface area contributed by atoms with Crippen molar-refractivity contribution in [1.29, 1.82) is 0 Å². The molecular weight excluding hydrogens is 519 g/mol. The minimum absolute atomic E-state index is 0.0269. The number of allylic oxidation sites excluding steroid dienone is 4. The molecule has 5 rings (SSSR count). The Morgan fingerprint density at radius 3 is 2.36 bits per heavy atom. The Kier molecular flexibility index (Phi) is 8.84. The van der Waals surface area contributed by atoms with Crippen LogP contribution in [-0.2, 0) is 4.79 Å². The number of anilines is 2. The Balaban J connectivity index is 1.38. The first-order chi connectivity index (χ1) is 19.1. The molecule has 1 saturated heterocycles. The van der Waals surface area contributed by atoms with Crippen molar-refractivity contribution in [2.24, 2.45) is 0 Å². The van der Waals surface area contributed by atoms with Crippen LogP contribution in [0.15, 0.2) is 107 Å². The highest BCUT2D eigenvalue weighted by Crippen LogP contribution is 2.49. The van der Waals surface area contributed by atoms with Crippen molar-refractivity contribution in [2.45, 2.75) is 50.8 Å². The Morgan fingerprint density at radius 1 is 0.821 bits per heavy atom. The summed E-state index contributed by atoms with van der Waals surface area (Å²) in [6.45, 7) is 5.94. The van der Waals surface area contributed by atoms with Gasteiger partial charge in [-0.25, -0.2) is 0 Å². The first kappa shape index (κ1) is 27.2. The fourth-order valence-electron chi connectivity index (χ4n) is 5.15. The normalized spacial score (nSPS) is 17.5. The number of carbonyl (C=O) groups excluding carboxylic acids is 1. The number of unbranched alkanes of at least 4 members (excludes halogenated alkanes) is 4. The zero-order chi connectivity index (χ0) is 27.2. The van der Waals surface area contributed by atoms with Gasteiger partial charge in [-0.05, 0) is 66.7 Å². The van der Waals surface area contributed by atoms with Crippen LogP contribution < -0.4 is 9.80 Å². The van der Waals surface area contributed by atoms with Gasteiger partial charge in [-0.15, -0.1) is 0 Å². The average molecular weight is 554 g/mol. The lowest BCUT2D eigenvalue weighted by molar-refractivity contribution is -0.122. The molecule has 0 bridgehead atoms. The lowest BCUT2D eigenvalue weighted by Crippen LogP contribution is -2.33. The molecule has 0 N–H and O–H groups in total. The molecule has 0 aliphatic carbocycles. The number of nitrogens with zero attached hydrogens (tertiary/aromatic N) is 3. The van der Waals surface area contributed by atoms with E-state index in [-0.39, 0.29) is 5.91 Å². The van der Waals surface area contributed by atoms with Gasteiger partial charge >= 0.3 is 0 Å². The highest BCUT2D eigenvalue weighted by atomic mass is 32.2. The molecule has 0 unspecified atom stereocenters. The fraction of sp³-hybridized carbons (Fsp3) is 0.273. The number of benzene rings is 3. The molecule has 39 heavy (non-hydrogen) atoms. The molecule has 0 aromatic heterocycles. The minimum Gasteiger partial charge on any atom is -0.335 e. The summed E-state index contributed by atoms with van der Waals surface area (Å²) in [4.78, 5) is 20.8. The van der Waals surface area contributed by atoms with Gasteiger partial charge < -0.3 is 4.90 Å². The van der Waals surface area contributed by atoms with E-state index < -0.39 is 0 Å². The standard InChI is InChI=1S/C33H35N3OS2/c1-3-5-6-7-15-24-35-32(37)29(36(33(35)38)26-17-9-8-10-18-26)20-13-14-21-30-34(4-2)28-23-22-25-16-11-12-19-27(25)31(28)39-30/h8-14,16-23H,3-7,15,24H2,1-2H3/b14-13+,29-20+,30-21-. The first-order valence-corrected chi connectivity index (χ1v) is 15.1. The summed E-state index contributed by atoms with van der Waals surface area (Å²) >= 11 is 7.62. The molecule has 3 aromatic rings. The highest BCUT2D eigenvalue weighted by Gasteiger charge is 2.38. The Morgan fingerprint density at radius 2 is 1.56 bits per heavy atom. The van der Waals surface area contributed by atoms with Gasteiger partial charge in [0.15, 0.2) is 5.11 Å². The second-order valence-electron chi connectivity index (χ2n) is 9.75. The van der Waals surface area contributed by atoms with Gasteiger partial charge in [0.2, 0.25) is 0 Å². The van der Waals surface area contributed by atoms with Gasteiger partial charge in [-0.1, -0.05) is 105 Å². The van der Waals surface area contributed by atoms with Crippen molar-refractivity contribution in [3.8, 4) is 0 Å². The largest absolute Gasteiger partial charge is 0.335 e. The van der Waals surface area contributed by atoms with Gasteiger partial charge in [0.1, 0.15) is 5.70 Å². The molecule has 2 aliphatic heterocycles. The average Bonchev–Trinajstić information content (AvgIpc) is 3.45. The third kappa shape index (κ3) is 5.68. The highest BCUT2D eigenvalue weighted by molar-refractivity contribution is 8.04. The second-order valence-corrected chi connectivity index (χ2v) is 11.1. The minimum atomic E-state index is -0.0269. The van der Waals surface area contributed by atoms with Crippen molar-refractivity contribution < 1.29 is 4.79 Å². The number of thioether (sulfide) groups is 1. The lowest BCUT2D eigenvalue weighted by Gasteiger charge is -2.20. The zero-order valence-corrected chi connectivity index (χ0v) is 24.3. The van der Waals surface area contributed by atoms with Gasteiger partial charge in [-0.2, -0.15) is 0 Å². The smallest absolute Gasteiger partial charge is 0.277 e. The number of fused-ring (bicyclic) bond motifs is 3. The van der Waals surface area contributed by atoms with Gasteiger partial charge in [0, 0.05) is 23.7 Å². The molecule has 0 spiro atoms. The van der Waals surface area contributed by atoms with Gasteiger partial charge in [0.05, 0.1) is 10.7 Å². The maximum Gasteiger partial charge on any atom is 0.277 e. The molecule has 3 aromatic carbocycles. The molecule has 1 fully saturated rings. The molecule has 6 heteroatoms. The van der Waals surface area contributed by atoms with Crippen LogP contribution >= 0.6 is 24.0 Å². The van der Waals surface area contributed by atoms with Gasteiger partial charge in [0.25, 0.3) is 5.91 Å². The van der Waals surface area contributed by atoms with Crippen molar-refractivity contribution in [3.63, 3.8) is 0 Å². The molecule has 0 atom stereocenters. The van der Waals surface area contributed by atoms with Crippen LogP contribution in [0.4, 0.5) is 11.4 Å². The van der Waals surface area contributed by atoms with E-state index in [1.54, 1.807) is 16.7 Å². The van der Waals surface area contributed by atoms with E-state index in [1.165, 1.54) is 45.6 Å². The van der Waals surface area contributed by atoms with Crippen LogP contribution in [0.1, 0.15) is 46.0 Å². The monoisotopic (exact) mass is 553 g/mol. The number of rotatable bonds is 10. The van der Waals surface area contributed by atoms with Crippen LogP contribution in [0.25, 0.3) is 10.8 Å². The summed E-state index contributed by atoms with van der Waals surface area (Å²) in [5.41, 5.74) is 2.75. The molecule has 200 valence electrons. The van der Waals surface area contributed by atoms with Crippen LogP contribution in [0, 0.1) is 0 Å². The van der Waals surface area contributed by atoms with Crippen molar-refractivity contribution in [1.82, 2.24) is 4.90 Å². The van der Waals surface area contributed by atoms with Crippen LogP contribution in [-0.4, -0.2) is 29.0 Å². The zero-order valence-electron chi connectivity index (χ0n) is 22.7. The fourth-order valence-corrected chi connectivity index (χ4v) is 6.80. The Labute approximate surface area is 241 Å². The van der Waals surface area contributed by atoms with Crippen LogP contribution in [0.3, 0.4) is 0 Å². The SMILES string of the molecule is CCCCCCCN1C(=O)\C(=C/C=C/C=C2\Sc3c(ccc4ccccc34)N2CC)N(c2ccccc2)C1=S. The Hall–Kier alpha value is -3.35. The number of para-hydroxylation sites is 1. The number of hydrogen-bond acceptors (Lipinski definition) is 4. The summed E-state index contributed by atoms with van der Waals surface area (Å²) in [7, 11) is 0. The molecule has 1 amide bonds. The number of carbonyl (C=O) groups is 1. The molecule has 0 saturated carbocycles. The van der Waals surface area contributed by atoms with E-state index >= 15 is 0 Å². The van der Waals surface area contributed by atoms with Crippen LogP contribution in [0.5, 0.6) is 0 Å². The molecule has 2 heterocycles. The third-order valence-electron chi connectivity index (χ3n) is 7.17. The molecule has 4 nitrogen and oxygen atoms in total. The van der Waals surface area contributed by atoms with Crippen molar-refractivity contribution in [3.05, 3.63) is 102 Å². The maximum atomic E-state index is 13.5. The van der Waals surface area contributed by atoms with Crippen molar-refractivity contribution >= 4 is 57.1 Å². The second kappa shape index (κ2) is 12.7. The van der Waals surface area contributed by atoms with E-state index in [4.69, 9.17) is 12.2 Å². The van der Waals surface area contributed by atoms with E-state index in [1.807, 2.05) is 53.5 Å². The summed E-state index contributed by atoms with van der Waals surface area (Å²) < 4.78 is 0. The number of hydrogen-bond donors (Lipinski definition) is 0. The van der Waals surface area contributed by atoms with Crippen molar-refractivity contribution in [2.75, 3.05) is 22.9 Å². The molecule has 2 aliphatic rings. The maximum absolute atomic E-state index is 13.5. The van der Waals surface area contributed by atoms with Crippen LogP contribution in [0.2, 0.25) is 0 Å². The summed E-state index contributed by atoms with van der Waals surface area (Å²) in [6.07, 6.45) is 13.7. The third-order valence-corrected chi connectivity index (χ3v) is 8.77. The van der Waals surface area contributed by atoms with E-state index in [0.717, 1.165) is 25.1 Å². The predicted molar refractivity (Wildman–Crippen MR) is 170 cm³/mol. The van der Waals surface area contributed by atoms with E-state index in [2.05, 4.69) is 61.2 Å². The number of amides is 1. The van der Waals surface area contributed by atoms with E-state index in [9.17, 15) is 4.79 Å². The van der Waals surface area contributed by atoms with E-state index in [0.29, 0.717) is 17.4 Å². The quantitative estimate of drug-likeness (QED) is 0.142. The Bertz CT molecular complexity index is 1440. The summed E-state index contributed by atoms with van der Waals surface area (Å²) in [5.74, 6) is -0.0269. The number of thiocarbonyl (C=S) groups is 1. The van der Waals surface area contributed by atoms with Gasteiger partial charge in [-0.3, -0.25) is 14.6 Å². The lowest BCUT2D eigenvalue weighted by atomic mass is 10.1. The summed E-state index contributed by atoms with van der Waals surface area (Å²) in [5, 5.41) is 4.28. The molecule has 0 radical (unpaired) electrons. The first-order valence-electron chi connectivity index (χ1n) is 13.9. The topological polar surface area (TPSA) is 26.8 Å².